The van der Waals surface area contributed by atoms with Crippen LogP contribution in [0.5, 0.6) is 0 Å². The molecule has 0 saturated heterocycles. The molecule has 0 aromatic heterocycles. The van der Waals surface area contributed by atoms with Crippen LogP contribution in [0.15, 0.2) is 53.4 Å². The third-order valence-electron chi connectivity index (χ3n) is 5.53. The molecule has 1 fully saturated rings. The number of sulfonamides is 1. The number of nitro groups is 1. The summed E-state index contributed by atoms with van der Waals surface area (Å²) in [7, 11) is -0.186. The Morgan fingerprint density at radius 2 is 1.71 bits per heavy atom. The highest BCUT2D eigenvalue weighted by molar-refractivity contribution is 7.90. The van der Waals surface area contributed by atoms with Gasteiger partial charge in [0.15, 0.2) is 0 Å². The lowest BCUT2D eigenvalue weighted by Crippen LogP contribution is -2.36. The van der Waals surface area contributed by atoms with Crippen molar-refractivity contribution >= 4 is 27.3 Å². The molecule has 2 aromatic carbocycles. The molecule has 0 heterocycles. The zero-order valence-electron chi connectivity index (χ0n) is 17.4. The Hall–Kier alpha value is -2.98. The van der Waals surface area contributed by atoms with Gasteiger partial charge in [0.25, 0.3) is 21.6 Å². The van der Waals surface area contributed by atoms with Gasteiger partial charge in [0, 0.05) is 23.7 Å². The third kappa shape index (κ3) is 5.59. The Bertz CT molecular complexity index is 1050. The first-order chi connectivity index (χ1) is 14.7. The largest absolute Gasteiger partial charge is 0.377 e. The van der Waals surface area contributed by atoms with Gasteiger partial charge in [-0.15, -0.1) is 0 Å². The topological polar surface area (TPSA) is 122 Å². The fourth-order valence-corrected chi connectivity index (χ4v) is 4.73. The number of nitrogens with zero attached hydrogens (tertiary/aromatic N) is 2. The van der Waals surface area contributed by atoms with Crippen LogP contribution >= 0.6 is 0 Å². The van der Waals surface area contributed by atoms with Gasteiger partial charge in [-0.2, -0.15) is 0 Å². The lowest BCUT2D eigenvalue weighted by atomic mass is 9.90. The van der Waals surface area contributed by atoms with Crippen molar-refractivity contribution in [2.45, 2.75) is 42.7 Å². The number of rotatable bonds is 7. The summed E-state index contributed by atoms with van der Waals surface area (Å²) in [6.07, 6.45) is 3.70. The average molecular weight is 447 g/mol. The summed E-state index contributed by atoms with van der Waals surface area (Å²) in [5.74, 6) is -0.803. The summed E-state index contributed by atoms with van der Waals surface area (Å²) in [6.45, 7) is 0. The van der Waals surface area contributed by atoms with Crippen LogP contribution < -0.4 is 10.0 Å². The number of anilines is 1. The summed E-state index contributed by atoms with van der Waals surface area (Å²) < 4.78 is 27.2. The predicted octanol–water partition coefficient (Wildman–Crippen LogP) is 3.00. The van der Waals surface area contributed by atoms with E-state index in [1.54, 1.807) is 18.2 Å². The van der Waals surface area contributed by atoms with Crippen molar-refractivity contribution in [2.24, 2.45) is 0 Å². The summed E-state index contributed by atoms with van der Waals surface area (Å²) in [4.78, 5) is 25.0. The first-order valence-electron chi connectivity index (χ1n) is 10.0. The van der Waals surface area contributed by atoms with Crippen molar-refractivity contribution in [1.82, 2.24) is 9.62 Å². The van der Waals surface area contributed by atoms with E-state index in [1.807, 2.05) is 18.8 Å². The van der Waals surface area contributed by atoms with Gasteiger partial charge in [-0.3, -0.25) is 14.9 Å². The molecule has 0 radical (unpaired) electrons. The van der Waals surface area contributed by atoms with Crippen LogP contribution in [0.1, 0.15) is 36.0 Å². The Labute approximate surface area is 181 Å². The lowest BCUT2D eigenvalue weighted by molar-refractivity contribution is -0.384. The molecular weight excluding hydrogens is 420 g/mol. The molecule has 2 aromatic rings. The van der Waals surface area contributed by atoms with Crippen LogP contribution in [0.25, 0.3) is 0 Å². The molecular formula is C21H26N4O5S. The third-order valence-corrected chi connectivity index (χ3v) is 6.85. The quantitative estimate of drug-likeness (QED) is 0.495. The van der Waals surface area contributed by atoms with Gasteiger partial charge >= 0.3 is 0 Å². The highest BCUT2D eigenvalue weighted by atomic mass is 32.2. The summed E-state index contributed by atoms with van der Waals surface area (Å²) >= 11 is 0. The van der Waals surface area contributed by atoms with Gasteiger partial charge in [0.05, 0.1) is 9.82 Å². The van der Waals surface area contributed by atoms with Gasteiger partial charge in [0.1, 0.15) is 5.69 Å². The van der Waals surface area contributed by atoms with E-state index in [0.29, 0.717) is 6.04 Å². The number of amides is 1. The van der Waals surface area contributed by atoms with Crippen LogP contribution in [0, 0.1) is 10.1 Å². The Kier molecular flexibility index (Phi) is 6.91. The molecule has 31 heavy (non-hydrogen) atoms. The summed E-state index contributed by atoms with van der Waals surface area (Å²) in [5, 5.41) is 14.8. The van der Waals surface area contributed by atoms with E-state index in [2.05, 4.69) is 10.2 Å². The molecule has 0 bridgehead atoms. The van der Waals surface area contributed by atoms with Gasteiger partial charge < -0.3 is 10.2 Å². The minimum atomic E-state index is -4.27. The highest BCUT2D eigenvalue weighted by Crippen LogP contribution is 2.31. The van der Waals surface area contributed by atoms with Crippen LogP contribution in [0.4, 0.5) is 11.4 Å². The number of carbonyl (C=O) groups is 1. The van der Waals surface area contributed by atoms with Crippen molar-refractivity contribution in [3.05, 3.63) is 64.2 Å². The number of hydrogen-bond acceptors (Lipinski definition) is 7. The number of benzene rings is 2. The number of nitrogens with one attached hydrogen (secondary N) is 2. The van der Waals surface area contributed by atoms with Crippen LogP contribution in [0.3, 0.4) is 0 Å². The first-order valence-corrected chi connectivity index (χ1v) is 11.5. The van der Waals surface area contributed by atoms with Crippen molar-refractivity contribution in [3.63, 3.8) is 0 Å². The fraction of sp³-hybridized carbons (Fsp3) is 0.381. The lowest BCUT2D eigenvalue weighted by Gasteiger charge is -2.33. The molecule has 1 amide bonds. The molecule has 3 rings (SSSR count). The molecule has 2 N–H and O–H groups in total. The molecule has 0 spiro atoms. The monoisotopic (exact) mass is 446 g/mol. The maximum Gasteiger partial charge on any atom is 0.293 e. The second kappa shape index (κ2) is 9.44. The summed E-state index contributed by atoms with van der Waals surface area (Å²) in [6, 6.07) is 12.1. The fourth-order valence-electron chi connectivity index (χ4n) is 3.74. The smallest absolute Gasteiger partial charge is 0.293 e. The van der Waals surface area contributed by atoms with E-state index < -0.39 is 20.9 Å². The van der Waals surface area contributed by atoms with E-state index in [4.69, 9.17) is 0 Å². The molecule has 10 heteroatoms. The zero-order valence-corrected chi connectivity index (χ0v) is 18.3. The van der Waals surface area contributed by atoms with Gasteiger partial charge in [-0.1, -0.05) is 18.2 Å². The van der Waals surface area contributed by atoms with E-state index in [1.165, 1.54) is 24.3 Å². The Morgan fingerprint density at radius 1 is 1.06 bits per heavy atom. The minimum absolute atomic E-state index is 0.0788. The van der Waals surface area contributed by atoms with E-state index >= 15 is 0 Å². The van der Waals surface area contributed by atoms with Crippen LogP contribution in [-0.4, -0.2) is 50.3 Å². The first kappa shape index (κ1) is 22.7. The molecule has 0 atom stereocenters. The molecule has 166 valence electrons. The average Bonchev–Trinajstić information content (AvgIpc) is 2.74. The van der Waals surface area contributed by atoms with Crippen molar-refractivity contribution < 1.29 is 18.1 Å². The number of hydrogen-bond donors (Lipinski definition) is 2. The second-order valence-corrected chi connectivity index (χ2v) is 9.53. The van der Waals surface area contributed by atoms with E-state index in [9.17, 15) is 23.3 Å². The maximum atomic E-state index is 12.6. The van der Waals surface area contributed by atoms with Crippen molar-refractivity contribution in [1.29, 1.82) is 0 Å². The van der Waals surface area contributed by atoms with Gasteiger partial charge in [-0.25, -0.2) is 13.1 Å². The zero-order chi connectivity index (χ0) is 22.6. The number of carbonyl (C=O) groups excluding carboxylic acids is 1. The van der Waals surface area contributed by atoms with Crippen LogP contribution in [-0.2, 0) is 10.0 Å². The SMILES string of the molecule is CN(C)C1CCC(Nc2ccc(S(=O)(=O)NC(=O)c3ccccc3)cc2[N+](=O)[O-])CC1. The standard InChI is InChI=1S/C21H26N4O5S/c1-24(2)17-10-8-16(9-11-17)22-19-13-12-18(14-20(19)25(27)28)31(29,30)23-21(26)15-6-4-3-5-7-15/h3-7,12-14,16-17,22H,8-11H2,1-2H3,(H,23,26). The molecule has 0 aliphatic heterocycles. The normalized spacial score (nSPS) is 19.1. The predicted molar refractivity (Wildman–Crippen MR) is 118 cm³/mol. The van der Waals surface area contributed by atoms with Crippen LogP contribution in [0.2, 0.25) is 0 Å². The maximum absolute atomic E-state index is 12.6. The molecule has 0 unspecified atom stereocenters. The second-order valence-electron chi connectivity index (χ2n) is 7.85. The van der Waals surface area contributed by atoms with Crippen molar-refractivity contribution in [3.8, 4) is 0 Å². The number of nitro benzene ring substituents is 1. The van der Waals surface area contributed by atoms with E-state index in [-0.39, 0.29) is 27.9 Å². The van der Waals surface area contributed by atoms with Gasteiger partial charge in [-0.05, 0) is 64.0 Å². The highest BCUT2D eigenvalue weighted by Gasteiger charge is 2.27. The van der Waals surface area contributed by atoms with Crippen molar-refractivity contribution in [2.75, 3.05) is 19.4 Å². The molecule has 1 aliphatic rings. The Morgan fingerprint density at radius 3 is 2.29 bits per heavy atom. The van der Waals surface area contributed by atoms with E-state index in [0.717, 1.165) is 31.7 Å². The Balaban J connectivity index is 1.77. The van der Waals surface area contributed by atoms with Gasteiger partial charge in [0.2, 0.25) is 0 Å². The summed E-state index contributed by atoms with van der Waals surface area (Å²) in [5.41, 5.74) is 0.101. The molecule has 9 nitrogen and oxygen atoms in total. The molecule has 1 saturated carbocycles. The minimum Gasteiger partial charge on any atom is -0.377 e. The molecule has 1 aliphatic carbocycles.